The highest BCUT2D eigenvalue weighted by Gasteiger charge is 2.06. The van der Waals surface area contributed by atoms with Crippen LogP contribution in [0.5, 0.6) is 0 Å². The van der Waals surface area contributed by atoms with Crippen molar-refractivity contribution < 1.29 is 0 Å². The summed E-state index contributed by atoms with van der Waals surface area (Å²) in [5.41, 5.74) is 11.9. The monoisotopic (exact) mass is 290 g/mol. The number of aryl methyl sites for hydroxylation is 2. The number of nitrogens with two attached hydrogens (primary N) is 1. The van der Waals surface area contributed by atoms with E-state index in [-0.39, 0.29) is 0 Å². The number of hydrogen-bond acceptors (Lipinski definition) is 4. The van der Waals surface area contributed by atoms with Crippen LogP contribution in [0.25, 0.3) is 11.3 Å². The Bertz CT molecular complexity index is 812. The average Bonchev–Trinajstić information content (AvgIpc) is 2.51. The molecule has 0 unspecified atom stereocenters. The lowest BCUT2D eigenvalue weighted by Crippen LogP contribution is -1.98. The fourth-order valence-corrected chi connectivity index (χ4v) is 2.40. The number of anilines is 3. The van der Waals surface area contributed by atoms with Crippen molar-refractivity contribution in [2.45, 2.75) is 13.8 Å². The Morgan fingerprint density at radius 1 is 0.955 bits per heavy atom. The molecule has 3 rings (SSSR count). The van der Waals surface area contributed by atoms with E-state index < -0.39 is 0 Å². The van der Waals surface area contributed by atoms with E-state index in [0.717, 1.165) is 22.8 Å². The molecule has 0 radical (unpaired) electrons. The Hall–Kier alpha value is -2.88. The first-order valence-electron chi connectivity index (χ1n) is 7.15. The highest BCUT2D eigenvalue weighted by Crippen LogP contribution is 2.26. The van der Waals surface area contributed by atoms with Gasteiger partial charge in [0.2, 0.25) is 0 Å². The van der Waals surface area contributed by atoms with Crippen LogP contribution in [0, 0.1) is 13.8 Å². The molecular weight excluding hydrogens is 272 g/mol. The second kappa shape index (κ2) is 5.85. The van der Waals surface area contributed by atoms with Crippen molar-refractivity contribution in [1.82, 2.24) is 9.97 Å². The minimum atomic E-state index is 0.707. The van der Waals surface area contributed by atoms with E-state index in [0.29, 0.717) is 5.69 Å². The first kappa shape index (κ1) is 14.1. The molecule has 0 fully saturated rings. The summed E-state index contributed by atoms with van der Waals surface area (Å²) in [7, 11) is 0. The Balaban J connectivity index is 1.93. The van der Waals surface area contributed by atoms with Crippen LogP contribution in [0.2, 0.25) is 0 Å². The molecule has 4 heteroatoms. The number of aromatic nitrogens is 2. The molecule has 22 heavy (non-hydrogen) atoms. The topological polar surface area (TPSA) is 63.8 Å². The molecular formula is C18H18N4. The van der Waals surface area contributed by atoms with E-state index in [4.69, 9.17) is 5.73 Å². The van der Waals surface area contributed by atoms with Gasteiger partial charge >= 0.3 is 0 Å². The maximum Gasteiger partial charge on any atom is 0.134 e. The number of nitrogens with one attached hydrogen (secondary N) is 1. The highest BCUT2D eigenvalue weighted by molar-refractivity contribution is 5.75. The number of rotatable bonds is 3. The molecule has 1 heterocycles. The van der Waals surface area contributed by atoms with E-state index in [1.165, 1.54) is 11.1 Å². The van der Waals surface area contributed by atoms with Crippen LogP contribution in [-0.2, 0) is 0 Å². The summed E-state index contributed by atoms with van der Waals surface area (Å²) in [6.07, 6.45) is 1.55. The van der Waals surface area contributed by atoms with Gasteiger partial charge in [0.05, 0.1) is 5.69 Å². The van der Waals surface area contributed by atoms with E-state index >= 15 is 0 Å². The standard InChI is InChI=1S/C18H18N4/c1-12-7-8-16(13(2)9-12)22-18-10-17(20-11-21-18)14-5-3-4-6-15(14)19/h3-11H,19H2,1-2H3,(H,20,21,22). The molecule has 0 bridgehead atoms. The summed E-state index contributed by atoms with van der Waals surface area (Å²) in [6.45, 7) is 4.16. The van der Waals surface area contributed by atoms with E-state index in [1.807, 2.05) is 30.3 Å². The fourth-order valence-electron chi connectivity index (χ4n) is 2.40. The zero-order valence-corrected chi connectivity index (χ0v) is 12.7. The quantitative estimate of drug-likeness (QED) is 0.713. The van der Waals surface area contributed by atoms with Gasteiger partial charge in [0.1, 0.15) is 12.1 Å². The lowest BCUT2D eigenvalue weighted by Gasteiger charge is -2.11. The maximum atomic E-state index is 6.02. The minimum absolute atomic E-state index is 0.707. The molecule has 0 saturated heterocycles. The predicted molar refractivity (Wildman–Crippen MR) is 91.1 cm³/mol. The van der Waals surface area contributed by atoms with Crippen LogP contribution < -0.4 is 11.1 Å². The number of nitrogen functional groups attached to an aromatic ring is 1. The molecule has 0 spiro atoms. The lowest BCUT2D eigenvalue weighted by atomic mass is 10.1. The molecule has 3 aromatic rings. The molecule has 1 aromatic heterocycles. The third-order valence-corrected chi connectivity index (χ3v) is 3.55. The Kier molecular flexibility index (Phi) is 3.74. The van der Waals surface area contributed by atoms with Gasteiger partial charge in [-0.2, -0.15) is 0 Å². The molecule has 2 aromatic carbocycles. The molecule has 3 N–H and O–H groups in total. The average molecular weight is 290 g/mol. The Labute approximate surface area is 130 Å². The summed E-state index contributed by atoms with van der Waals surface area (Å²) < 4.78 is 0. The van der Waals surface area contributed by atoms with Crippen LogP contribution in [0.15, 0.2) is 54.9 Å². The van der Waals surface area contributed by atoms with E-state index in [1.54, 1.807) is 6.33 Å². The van der Waals surface area contributed by atoms with Crippen molar-refractivity contribution in [3.8, 4) is 11.3 Å². The first-order chi connectivity index (χ1) is 10.6. The molecule has 0 aliphatic rings. The third kappa shape index (κ3) is 2.91. The van der Waals surface area contributed by atoms with Gasteiger partial charge in [-0.25, -0.2) is 9.97 Å². The van der Waals surface area contributed by atoms with Crippen molar-refractivity contribution in [1.29, 1.82) is 0 Å². The highest BCUT2D eigenvalue weighted by atomic mass is 15.0. The molecule has 0 atom stereocenters. The smallest absolute Gasteiger partial charge is 0.134 e. The number of hydrogen-bond donors (Lipinski definition) is 2. The molecule has 0 saturated carbocycles. The first-order valence-corrected chi connectivity index (χ1v) is 7.15. The molecule has 0 aliphatic carbocycles. The Morgan fingerprint density at radius 2 is 1.77 bits per heavy atom. The van der Waals surface area contributed by atoms with Gasteiger partial charge in [0.15, 0.2) is 0 Å². The number of benzene rings is 2. The summed E-state index contributed by atoms with van der Waals surface area (Å²) in [6, 6.07) is 15.9. The summed E-state index contributed by atoms with van der Waals surface area (Å²) in [5, 5.41) is 3.34. The normalized spacial score (nSPS) is 10.5. The molecule has 0 aliphatic heterocycles. The lowest BCUT2D eigenvalue weighted by molar-refractivity contribution is 1.17. The van der Waals surface area contributed by atoms with Gasteiger partial charge in [-0.15, -0.1) is 0 Å². The van der Waals surface area contributed by atoms with Crippen molar-refractivity contribution >= 4 is 17.2 Å². The van der Waals surface area contributed by atoms with E-state index in [2.05, 4.69) is 47.3 Å². The van der Waals surface area contributed by atoms with Crippen LogP contribution in [0.3, 0.4) is 0 Å². The summed E-state index contributed by atoms with van der Waals surface area (Å²) in [4.78, 5) is 8.61. The van der Waals surface area contributed by atoms with Crippen LogP contribution in [-0.4, -0.2) is 9.97 Å². The minimum Gasteiger partial charge on any atom is -0.398 e. The molecule has 110 valence electrons. The Morgan fingerprint density at radius 3 is 2.55 bits per heavy atom. The number of para-hydroxylation sites is 1. The van der Waals surface area contributed by atoms with Gasteiger partial charge in [0.25, 0.3) is 0 Å². The van der Waals surface area contributed by atoms with Crippen LogP contribution in [0.1, 0.15) is 11.1 Å². The van der Waals surface area contributed by atoms with Crippen LogP contribution in [0.4, 0.5) is 17.2 Å². The summed E-state index contributed by atoms with van der Waals surface area (Å²) in [5.74, 6) is 0.750. The second-order valence-corrected chi connectivity index (χ2v) is 5.32. The summed E-state index contributed by atoms with van der Waals surface area (Å²) >= 11 is 0. The van der Waals surface area contributed by atoms with Crippen molar-refractivity contribution in [2.75, 3.05) is 11.1 Å². The third-order valence-electron chi connectivity index (χ3n) is 3.55. The zero-order valence-electron chi connectivity index (χ0n) is 12.7. The van der Waals surface area contributed by atoms with Gasteiger partial charge in [-0.1, -0.05) is 35.9 Å². The molecule has 0 amide bonds. The van der Waals surface area contributed by atoms with Gasteiger partial charge < -0.3 is 11.1 Å². The van der Waals surface area contributed by atoms with E-state index in [9.17, 15) is 0 Å². The second-order valence-electron chi connectivity index (χ2n) is 5.32. The van der Waals surface area contributed by atoms with Gasteiger partial charge in [-0.3, -0.25) is 0 Å². The van der Waals surface area contributed by atoms with Gasteiger partial charge in [-0.05, 0) is 31.5 Å². The SMILES string of the molecule is Cc1ccc(Nc2cc(-c3ccccc3N)ncn2)c(C)c1. The maximum absolute atomic E-state index is 6.02. The zero-order chi connectivity index (χ0) is 15.5. The van der Waals surface area contributed by atoms with Crippen LogP contribution >= 0.6 is 0 Å². The molecule has 4 nitrogen and oxygen atoms in total. The predicted octanol–water partition coefficient (Wildman–Crippen LogP) is 4.09. The fraction of sp³-hybridized carbons (Fsp3) is 0.111. The van der Waals surface area contributed by atoms with Crippen molar-refractivity contribution in [2.24, 2.45) is 0 Å². The van der Waals surface area contributed by atoms with Crippen molar-refractivity contribution in [3.63, 3.8) is 0 Å². The van der Waals surface area contributed by atoms with Gasteiger partial charge in [0, 0.05) is 23.0 Å². The van der Waals surface area contributed by atoms with Crippen molar-refractivity contribution in [3.05, 3.63) is 66.0 Å². The number of nitrogens with zero attached hydrogens (tertiary/aromatic N) is 2. The largest absolute Gasteiger partial charge is 0.398 e.